The molecular weight excluding hydrogens is 372 g/mol. The SMILES string of the molecule is Cc1c(C)[n+](C(C)C)c(NCCNc2n(C(C)C)c(C)c(C)[n+]2C(C)C)n1C(C)C. The molecule has 0 saturated carbocycles. The zero-order valence-corrected chi connectivity index (χ0v) is 21.5. The molecule has 2 heterocycles. The fourth-order valence-corrected chi connectivity index (χ4v) is 4.78. The number of rotatable bonds is 9. The Labute approximate surface area is 184 Å². The summed E-state index contributed by atoms with van der Waals surface area (Å²) >= 11 is 0. The molecule has 170 valence electrons. The van der Waals surface area contributed by atoms with E-state index in [1.807, 2.05) is 0 Å². The summed E-state index contributed by atoms with van der Waals surface area (Å²) in [4.78, 5) is 0. The van der Waals surface area contributed by atoms with E-state index in [4.69, 9.17) is 0 Å². The second-order valence-electron chi connectivity index (χ2n) is 9.70. The third-order valence-corrected chi connectivity index (χ3v) is 6.16. The van der Waals surface area contributed by atoms with E-state index in [1.165, 1.54) is 34.7 Å². The quantitative estimate of drug-likeness (QED) is 0.447. The fraction of sp³-hybridized carbons (Fsp3) is 0.750. The van der Waals surface area contributed by atoms with E-state index in [0.717, 1.165) is 13.1 Å². The van der Waals surface area contributed by atoms with Crippen LogP contribution in [0.25, 0.3) is 0 Å². The molecule has 30 heavy (non-hydrogen) atoms. The Balaban J connectivity index is 2.27. The van der Waals surface area contributed by atoms with Crippen LogP contribution in [0.5, 0.6) is 0 Å². The molecule has 0 aliphatic carbocycles. The number of imidazole rings is 2. The lowest BCUT2D eigenvalue weighted by Crippen LogP contribution is -2.43. The molecule has 0 atom stereocenters. The molecule has 0 spiro atoms. The smallest absolute Gasteiger partial charge is 0.274 e. The number of hydrogen-bond acceptors (Lipinski definition) is 2. The lowest BCUT2D eigenvalue weighted by atomic mass is 10.3. The monoisotopic (exact) mass is 418 g/mol. The van der Waals surface area contributed by atoms with Crippen molar-refractivity contribution < 1.29 is 9.13 Å². The van der Waals surface area contributed by atoms with Gasteiger partial charge in [-0.05, 0) is 83.1 Å². The van der Waals surface area contributed by atoms with Crippen molar-refractivity contribution in [1.82, 2.24) is 9.13 Å². The van der Waals surface area contributed by atoms with Crippen LogP contribution in [0.2, 0.25) is 0 Å². The van der Waals surface area contributed by atoms with E-state index >= 15 is 0 Å². The van der Waals surface area contributed by atoms with Gasteiger partial charge in [0.25, 0.3) is 0 Å². The van der Waals surface area contributed by atoms with Crippen molar-refractivity contribution >= 4 is 11.9 Å². The first-order valence-electron chi connectivity index (χ1n) is 11.6. The molecule has 0 aliphatic rings. The van der Waals surface area contributed by atoms with Gasteiger partial charge in [-0.2, -0.15) is 0 Å². The highest BCUT2D eigenvalue weighted by Gasteiger charge is 2.29. The predicted octanol–water partition coefficient (Wildman–Crippen LogP) is 4.95. The van der Waals surface area contributed by atoms with E-state index in [2.05, 4.69) is 112 Å². The van der Waals surface area contributed by atoms with Crippen molar-refractivity contribution in [2.45, 2.75) is 107 Å². The lowest BCUT2D eigenvalue weighted by Gasteiger charge is -2.14. The molecule has 6 heteroatoms. The minimum Gasteiger partial charge on any atom is -0.274 e. The first kappa shape index (κ1) is 24.3. The maximum absolute atomic E-state index is 3.74. The molecule has 0 radical (unpaired) electrons. The number of anilines is 2. The highest BCUT2D eigenvalue weighted by Crippen LogP contribution is 2.22. The Hall–Kier alpha value is -1.98. The average Bonchev–Trinajstić information content (AvgIpc) is 3.02. The van der Waals surface area contributed by atoms with Crippen molar-refractivity contribution in [2.75, 3.05) is 23.7 Å². The van der Waals surface area contributed by atoms with Gasteiger partial charge in [0.05, 0.1) is 37.3 Å². The lowest BCUT2D eigenvalue weighted by molar-refractivity contribution is -0.708. The predicted molar refractivity (Wildman–Crippen MR) is 127 cm³/mol. The standard InChI is InChI=1S/C24H44N6/c1-15(2)27-19(9)20(10)28(16(3)4)23(27)25-13-14-26-24-29(17(5)6)21(11)22(12)30(24)18(7)8/h15-18H,13-14H2,1-12H3/p+2. The van der Waals surface area contributed by atoms with Crippen LogP contribution < -0.4 is 19.8 Å². The van der Waals surface area contributed by atoms with Crippen LogP contribution in [-0.4, -0.2) is 22.2 Å². The van der Waals surface area contributed by atoms with Gasteiger partial charge in [-0.25, -0.2) is 18.3 Å². The van der Waals surface area contributed by atoms with Crippen molar-refractivity contribution in [3.63, 3.8) is 0 Å². The maximum Gasteiger partial charge on any atom is 0.358 e. The molecule has 0 bridgehead atoms. The Morgan fingerprint density at radius 2 is 0.900 bits per heavy atom. The van der Waals surface area contributed by atoms with Gasteiger partial charge in [0, 0.05) is 0 Å². The normalized spacial score (nSPS) is 12.1. The van der Waals surface area contributed by atoms with Crippen LogP contribution in [-0.2, 0) is 0 Å². The molecule has 0 aliphatic heterocycles. The Morgan fingerprint density at radius 3 is 1.13 bits per heavy atom. The fourth-order valence-electron chi connectivity index (χ4n) is 4.78. The van der Waals surface area contributed by atoms with Crippen molar-refractivity contribution in [1.29, 1.82) is 0 Å². The molecule has 0 saturated heterocycles. The van der Waals surface area contributed by atoms with Crippen molar-refractivity contribution in [3.8, 4) is 0 Å². The Kier molecular flexibility index (Phi) is 7.64. The third-order valence-electron chi connectivity index (χ3n) is 6.16. The van der Waals surface area contributed by atoms with Gasteiger partial charge < -0.3 is 0 Å². The van der Waals surface area contributed by atoms with Crippen LogP contribution >= 0.6 is 0 Å². The molecule has 6 nitrogen and oxygen atoms in total. The Morgan fingerprint density at radius 1 is 0.600 bits per heavy atom. The van der Waals surface area contributed by atoms with Gasteiger partial charge in [-0.3, -0.25) is 10.6 Å². The van der Waals surface area contributed by atoms with Gasteiger partial charge in [-0.1, -0.05) is 0 Å². The molecule has 2 aromatic rings. The average molecular weight is 419 g/mol. The molecule has 2 rings (SSSR count). The molecule has 0 unspecified atom stereocenters. The minimum absolute atomic E-state index is 0.422. The third kappa shape index (κ3) is 4.37. The van der Waals surface area contributed by atoms with Crippen molar-refractivity contribution in [3.05, 3.63) is 22.8 Å². The van der Waals surface area contributed by atoms with Crippen molar-refractivity contribution in [2.24, 2.45) is 0 Å². The summed E-state index contributed by atoms with van der Waals surface area (Å²) in [5.41, 5.74) is 5.36. The van der Waals surface area contributed by atoms with E-state index in [1.54, 1.807) is 0 Å². The number of nitrogens with zero attached hydrogens (tertiary/aromatic N) is 4. The molecule has 0 aromatic carbocycles. The number of aromatic nitrogens is 4. The summed E-state index contributed by atoms with van der Waals surface area (Å²) < 4.78 is 9.70. The Bertz CT molecular complexity index is 732. The van der Waals surface area contributed by atoms with Gasteiger partial charge >= 0.3 is 11.9 Å². The molecular formula is C24H46N6+2. The summed E-state index contributed by atoms with van der Waals surface area (Å²) in [6.45, 7) is 28.7. The van der Waals surface area contributed by atoms with Crippen LogP contribution in [0.4, 0.5) is 11.9 Å². The second-order valence-corrected chi connectivity index (χ2v) is 9.70. The van der Waals surface area contributed by atoms with Gasteiger partial charge in [0.15, 0.2) is 0 Å². The van der Waals surface area contributed by atoms with E-state index in [0.29, 0.717) is 24.2 Å². The van der Waals surface area contributed by atoms with E-state index < -0.39 is 0 Å². The molecule has 2 aromatic heterocycles. The highest BCUT2D eigenvalue weighted by atomic mass is 15.3. The molecule has 0 amide bonds. The van der Waals surface area contributed by atoms with Gasteiger partial charge in [0.1, 0.15) is 22.8 Å². The van der Waals surface area contributed by atoms with Crippen LogP contribution in [0, 0.1) is 27.7 Å². The van der Waals surface area contributed by atoms with Crippen LogP contribution in [0.15, 0.2) is 0 Å². The summed E-state index contributed by atoms with van der Waals surface area (Å²) in [5, 5.41) is 7.48. The zero-order chi connectivity index (χ0) is 22.9. The largest absolute Gasteiger partial charge is 0.358 e. The summed E-state index contributed by atoms with van der Waals surface area (Å²) in [6, 6.07) is 1.69. The highest BCUT2D eigenvalue weighted by molar-refractivity contribution is 5.30. The summed E-state index contributed by atoms with van der Waals surface area (Å²) in [6.07, 6.45) is 0. The maximum atomic E-state index is 3.74. The van der Waals surface area contributed by atoms with E-state index in [9.17, 15) is 0 Å². The van der Waals surface area contributed by atoms with Crippen LogP contribution in [0.3, 0.4) is 0 Å². The van der Waals surface area contributed by atoms with E-state index in [-0.39, 0.29) is 0 Å². The molecule has 0 fully saturated rings. The van der Waals surface area contributed by atoms with Gasteiger partial charge in [-0.15, -0.1) is 0 Å². The zero-order valence-electron chi connectivity index (χ0n) is 21.5. The first-order valence-corrected chi connectivity index (χ1v) is 11.6. The summed E-state index contributed by atoms with van der Waals surface area (Å²) in [5.74, 6) is 2.42. The van der Waals surface area contributed by atoms with Crippen LogP contribution in [0.1, 0.15) is 102 Å². The number of hydrogen-bond donors (Lipinski definition) is 2. The second kappa shape index (κ2) is 9.44. The minimum atomic E-state index is 0.422. The first-order chi connectivity index (χ1) is 13.9. The number of nitrogens with one attached hydrogen (secondary N) is 2. The molecule has 2 N–H and O–H groups in total. The topological polar surface area (TPSA) is 41.7 Å². The summed E-state index contributed by atoms with van der Waals surface area (Å²) in [7, 11) is 0. The van der Waals surface area contributed by atoms with Gasteiger partial charge in [0.2, 0.25) is 0 Å².